The summed E-state index contributed by atoms with van der Waals surface area (Å²) in [6.45, 7) is 6.49. The van der Waals surface area contributed by atoms with Crippen LogP contribution in [0.15, 0.2) is 36.4 Å². The Morgan fingerprint density at radius 1 is 1.12 bits per heavy atom. The third-order valence-corrected chi connectivity index (χ3v) is 3.88. The average molecular weight is 343 g/mol. The lowest BCUT2D eigenvalue weighted by Gasteiger charge is -2.16. The van der Waals surface area contributed by atoms with Crippen LogP contribution >= 0.6 is 0 Å². The van der Waals surface area contributed by atoms with Crippen LogP contribution in [0.5, 0.6) is 11.5 Å². The summed E-state index contributed by atoms with van der Waals surface area (Å²) < 4.78 is 16.3. The normalized spacial score (nSPS) is 10.2. The highest BCUT2D eigenvalue weighted by Gasteiger charge is 2.13. The standard InChI is InChI=1S/C20H25NO4/c1-5-15-10-11-18(14(3)12-15)25-13-16-17(21-20(22)24-6-2)8-7-9-19(16)23-4/h7-12H,5-6,13H2,1-4H3,(H,21,22). The van der Waals surface area contributed by atoms with E-state index in [0.717, 1.165) is 23.3 Å². The molecule has 0 aliphatic heterocycles. The van der Waals surface area contributed by atoms with E-state index in [0.29, 0.717) is 18.0 Å². The molecule has 25 heavy (non-hydrogen) atoms. The Kier molecular flexibility index (Phi) is 6.69. The van der Waals surface area contributed by atoms with Crippen LogP contribution < -0.4 is 14.8 Å². The van der Waals surface area contributed by atoms with E-state index in [1.165, 1.54) is 5.56 Å². The van der Waals surface area contributed by atoms with Crippen molar-refractivity contribution in [3.05, 3.63) is 53.1 Å². The Balaban J connectivity index is 2.21. The van der Waals surface area contributed by atoms with E-state index in [2.05, 4.69) is 24.4 Å². The fourth-order valence-corrected chi connectivity index (χ4v) is 2.54. The van der Waals surface area contributed by atoms with Crippen LogP contribution in [0.25, 0.3) is 0 Å². The molecule has 1 amide bonds. The number of benzene rings is 2. The summed E-state index contributed by atoms with van der Waals surface area (Å²) in [5.41, 5.74) is 3.72. The van der Waals surface area contributed by atoms with Crippen LogP contribution in [-0.2, 0) is 17.8 Å². The van der Waals surface area contributed by atoms with Gasteiger partial charge in [-0.25, -0.2) is 4.79 Å². The predicted octanol–water partition coefficient (Wildman–Crippen LogP) is 4.71. The first-order chi connectivity index (χ1) is 12.1. The summed E-state index contributed by atoms with van der Waals surface area (Å²) in [6.07, 6.45) is 0.488. The molecule has 0 unspecified atom stereocenters. The lowest BCUT2D eigenvalue weighted by atomic mass is 10.1. The first-order valence-electron chi connectivity index (χ1n) is 8.41. The van der Waals surface area contributed by atoms with Gasteiger partial charge in [0.1, 0.15) is 18.1 Å². The molecule has 0 heterocycles. The van der Waals surface area contributed by atoms with Crippen molar-refractivity contribution < 1.29 is 19.0 Å². The number of anilines is 1. The van der Waals surface area contributed by atoms with Crippen molar-refractivity contribution in [3.8, 4) is 11.5 Å². The molecule has 5 nitrogen and oxygen atoms in total. The third-order valence-electron chi connectivity index (χ3n) is 3.88. The molecule has 0 fully saturated rings. The monoisotopic (exact) mass is 343 g/mol. The van der Waals surface area contributed by atoms with Gasteiger partial charge in [-0.15, -0.1) is 0 Å². The molecule has 1 N–H and O–H groups in total. The van der Waals surface area contributed by atoms with Gasteiger partial charge in [-0.2, -0.15) is 0 Å². The molecule has 0 bridgehead atoms. The van der Waals surface area contributed by atoms with E-state index >= 15 is 0 Å². The highest BCUT2D eigenvalue weighted by atomic mass is 16.5. The van der Waals surface area contributed by atoms with E-state index in [-0.39, 0.29) is 6.61 Å². The van der Waals surface area contributed by atoms with Crippen molar-refractivity contribution in [3.63, 3.8) is 0 Å². The quantitative estimate of drug-likeness (QED) is 0.791. The van der Waals surface area contributed by atoms with Crippen LogP contribution in [-0.4, -0.2) is 19.8 Å². The molecule has 0 aliphatic carbocycles. The summed E-state index contributed by atoms with van der Waals surface area (Å²) in [7, 11) is 1.59. The van der Waals surface area contributed by atoms with Gasteiger partial charge in [0.15, 0.2) is 0 Å². The summed E-state index contributed by atoms with van der Waals surface area (Å²) in [5, 5.41) is 2.73. The topological polar surface area (TPSA) is 56.8 Å². The van der Waals surface area contributed by atoms with Gasteiger partial charge >= 0.3 is 6.09 Å². The number of ether oxygens (including phenoxy) is 3. The molecular weight excluding hydrogens is 318 g/mol. The zero-order chi connectivity index (χ0) is 18.2. The number of hydrogen-bond acceptors (Lipinski definition) is 4. The second-order valence-corrected chi connectivity index (χ2v) is 5.57. The van der Waals surface area contributed by atoms with Gasteiger partial charge in [0, 0.05) is 0 Å². The van der Waals surface area contributed by atoms with Crippen molar-refractivity contribution in [2.24, 2.45) is 0 Å². The van der Waals surface area contributed by atoms with E-state index in [9.17, 15) is 4.79 Å². The van der Waals surface area contributed by atoms with Gasteiger partial charge in [0.05, 0.1) is 25.0 Å². The second kappa shape index (κ2) is 8.97. The molecule has 0 atom stereocenters. The lowest BCUT2D eigenvalue weighted by molar-refractivity contribution is 0.168. The van der Waals surface area contributed by atoms with Crippen LogP contribution in [0.3, 0.4) is 0 Å². The number of methoxy groups -OCH3 is 1. The van der Waals surface area contributed by atoms with Crippen molar-refractivity contribution in [1.82, 2.24) is 0 Å². The van der Waals surface area contributed by atoms with Gasteiger partial charge in [-0.1, -0.05) is 25.1 Å². The molecule has 2 aromatic rings. The summed E-state index contributed by atoms with van der Waals surface area (Å²) in [5.74, 6) is 1.46. The van der Waals surface area contributed by atoms with Crippen molar-refractivity contribution >= 4 is 11.8 Å². The van der Waals surface area contributed by atoms with E-state index in [1.54, 1.807) is 20.1 Å². The molecule has 0 saturated carbocycles. The molecule has 0 aromatic heterocycles. The SMILES string of the molecule is CCOC(=O)Nc1cccc(OC)c1COc1ccc(CC)cc1C. The van der Waals surface area contributed by atoms with Gasteiger partial charge in [0.25, 0.3) is 0 Å². The first kappa shape index (κ1) is 18.6. The third kappa shape index (κ3) is 4.89. The maximum absolute atomic E-state index is 11.7. The lowest BCUT2D eigenvalue weighted by Crippen LogP contribution is -2.15. The number of carbonyl (C=O) groups is 1. The molecule has 0 radical (unpaired) electrons. The smallest absolute Gasteiger partial charge is 0.411 e. The number of carbonyl (C=O) groups excluding carboxylic acids is 1. The largest absolute Gasteiger partial charge is 0.496 e. The minimum Gasteiger partial charge on any atom is -0.496 e. The minimum absolute atomic E-state index is 0.276. The van der Waals surface area contributed by atoms with E-state index in [4.69, 9.17) is 14.2 Å². The average Bonchev–Trinajstić information content (AvgIpc) is 2.61. The van der Waals surface area contributed by atoms with Gasteiger partial charge < -0.3 is 14.2 Å². The first-order valence-corrected chi connectivity index (χ1v) is 8.41. The zero-order valence-corrected chi connectivity index (χ0v) is 15.2. The number of rotatable bonds is 7. The maximum atomic E-state index is 11.7. The summed E-state index contributed by atoms with van der Waals surface area (Å²) >= 11 is 0. The second-order valence-electron chi connectivity index (χ2n) is 5.57. The van der Waals surface area contributed by atoms with Gasteiger partial charge in [-0.3, -0.25) is 5.32 Å². The zero-order valence-electron chi connectivity index (χ0n) is 15.2. The van der Waals surface area contributed by atoms with Gasteiger partial charge in [-0.05, 0) is 49.6 Å². The van der Waals surface area contributed by atoms with Crippen LogP contribution in [0.4, 0.5) is 10.5 Å². The van der Waals surface area contributed by atoms with E-state index < -0.39 is 6.09 Å². The Morgan fingerprint density at radius 3 is 2.56 bits per heavy atom. The molecular formula is C20H25NO4. The Bertz CT molecular complexity index is 728. The molecule has 5 heteroatoms. The molecule has 134 valence electrons. The maximum Gasteiger partial charge on any atom is 0.411 e. The van der Waals surface area contributed by atoms with Crippen LogP contribution in [0, 0.1) is 6.92 Å². The van der Waals surface area contributed by atoms with Crippen molar-refractivity contribution in [2.75, 3.05) is 19.0 Å². The molecule has 0 saturated heterocycles. The summed E-state index contributed by atoms with van der Waals surface area (Å²) in [6, 6.07) is 11.6. The van der Waals surface area contributed by atoms with Crippen LogP contribution in [0.2, 0.25) is 0 Å². The summed E-state index contributed by atoms with van der Waals surface area (Å²) in [4.78, 5) is 11.7. The van der Waals surface area contributed by atoms with Crippen molar-refractivity contribution in [1.29, 1.82) is 0 Å². The molecule has 0 aliphatic rings. The Labute approximate surface area is 148 Å². The number of nitrogens with one attached hydrogen (secondary N) is 1. The Hall–Kier alpha value is -2.69. The molecule has 2 aromatic carbocycles. The Morgan fingerprint density at radius 2 is 1.92 bits per heavy atom. The number of aryl methyl sites for hydroxylation is 2. The van der Waals surface area contributed by atoms with Crippen LogP contribution in [0.1, 0.15) is 30.5 Å². The van der Waals surface area contributed by atoms with E-state index in [1.807, 2.05) is 25.1 Å². The fraction of sp³-hybridized carbons (Fsp3) is 0.350. The number of amides is 1. The highest BCUT2D eigenvalue weighted by molar-refractivity contribution is 5.86. The number of hydrogen-bond donors (Lipinski definition) is 1. The predicted molar refractivity (Wildman–Crippen MR) is 98.5 cm³/mol. The molecule has 0 spiro atoms. The van der Waals surface area contributed by atoms with Gasteiger partial charge in [0.2, 0.25) is 0 Å². The van der Waals surface area contributed by atoms with Crippen molar-refractivity contribution in [2.45, 2.75) is 33.8 Å². The minimum atomic E-state index is -0.500. The fourth-order valence-electron chi connectivity index (χ4n) is 2.54. The highest BCUT2D eigenvalue weighted by Crippen LogP contribution is 2.29. The molecule has 2 rings (SSSR count).